The van der Waals surface area contributed by atoms with Crippen molar-refractivity contribution >= 4 is 11.8 Å². The highest BCUT2D eigenvalue weighted by molar-refractivity contribution is 6.01. The molecule has 0 spiro atoms. The van der Waals surface area contributed by atoms with E-state index < -0.39 is 0 Å². The van der Waals surface area contributed by atoms with Crippen LogP contribution in [0.4, 0.5) is 0 Å². The van der Waals surface area contributed by atoms with Gasteiger partial charge in [-0.25, -0.2) is 0 Å². The van der Waals surface area contributed by atoms with Crippen LogP contribution >= 0.6 is 0 Å². The summed E-state index contributed by atoms with van der Waals surface area (Å²) in [5, 5.41) is 5.72. The molecule has 0 saturated carbocycles. The normalized spacial score (nSPS) is 11.6. The second-order valence-electron chi connectivity index (χ2n) is 7.32. The molecule has 2 N–H and O–H groups in total. The molecule has 8 nitrogen and oxygen atoms in total. The SMILES string of the molecule is COc1ccc(CNC(=O)c2cc(C(=O)NCc3ccc4c(c3)OCO4)ccc2OC)cc1. The fraction of sp³-hybridized carbons (Fsp3) is 0.200. The monoisotopic (exact) mass is 448 g/mol. The van der Waals surface area contributed by atoms with Crippen LogP contribution < -0.4 is 29.6 Å². The average molecular weight is 448 g/mol. The lowest BCUT2D eigenvalue weighted by Crippen LogP contribution is -2.26. The first-order valence-corrected chi connectivity index (χ1v) is 10.3. The molecule has 0 radical (unpaired) electrons. The molecule has 3 aromatic rings. The van der Waals surface area contributed by atoms with Gasteiger partial charge in [-0.1, -0.05) is 18.2 Å². The van der Waals surface area contributed by atoms with E-state index in [2.05, 4.69) is 10.6 Å². The highest BCUT2D eigenvalue weighted by Gasteiger charge is 2.17. The number of ether oxygens (including phenoxy) is 4. The summed E-state index contributed by atoms with van der Waals surface area (Å²) in [6.45, 7) is 0.827. The number of rotatable bonds is 8. The van der Waals surface area contributed by atoms with Crippen LogP contribution in [0.1, 0.15) is 31.8 Å². The predicted molar refractivity (Wildman–Crippen MR) is 121 cm³/mol. The summed E-state index contributed by atoms with van der Waals surface area (Å²) in [6, 6.07) is 17.6. The molecule has 0 fully saturated rings. The number of carbonyl (C=O) groups excluding carboxylic acids is 2. The molecule has 3 aromatic carbocycles. The van der Waals surface area contributed by atoms with Crippen molar-refractivity contribution in [2.24, 2.45) is 0 Å². The number of methoxy groups -OCH3 is 2. The van der Waals surface area contributed by atoms with Gasteiger partial charge in [-0.15, -0.1) is 0 Å². The summed E-state index contributed by atoms with van der Waals surface area (Å²) >= 11 is 0. The number of amides is 2. The van der Waals surface area contributed by atoms with Crippen LogP contribution in [0.15, 0.2) is 60.7 Å². The Labute approximate surface area is 191 Å². The maximum absolute atomic E-state index is 12.8. The van der Waals surface area contributed by atoms with E-state index in [1.165, 1.54) is 13.2 Å². The molecule has 0 saturated heterocycles. The molecule has 4 rings (SSSR count). The molecule has 8 heteroatoms. The fourth-order valence-corrected chi connectivity index (χ4v) is 3.38. The quantitative estimate of drug-likeness (QED) is 0.549. The zero-order valence-electron chi connectivity index (χ0n) is 18.3. The molecule has 1 aliphatic rings. The Balaban J connectivity index is 1.41. The Kier molecular flexibility index (Phi) is 6.64. The van der Waals surface area contributed by atoms with Crippen molar-refractivity contribution in [2.45, 2.75) is 13.1 Å². The molecule has 2 amide bonds. The molecule has 0 bridgehead atoms. The summed E-state index contributed by atoms with van der Waals surface area (Å²) in [4.78, 5) is 25.5. The van der Waals surface area contributed by atoms with Gasteiger partial charge in [0.1, 0.15) is 11.5 Å². The van der Waals surface area contributed by atoms with Crippen molar-refractivity contribution in [1.29, 1.82) is 0 Å². The minimum absolute atomic E-state index is 0.195. The molecular weight excluding hydrogens is 424 g/mol. The van der Waals surface area contributed by atoms with Gasteiger partial charge in [0.15, 0.2) is 11.5 Å². The first-order chi connectivity index (χ1) is 16.1. The van der Waals surface area contributed by atoms with Gasteiger partial charge in [0, 0.05) is 18.7 Å². The molecular formula is C25H24N2O6. The van der Waals surface area contributed by atoms with Gasteiger partial charge >= 0.3 is 0 Å². The lowest BCUT2D eigenvalue weighted by atomic mass is 10.1. The zero-order valence-corrected chi connectivity index (χ0v) is 18.3. The number of hydrogen-bond acceptors (Lipinski definition) is 6. The zero-order chi connectivity index (χ0) is 23.2. The number of nitrogens with one attached hydrogen (secondary N) is 2. The number of fused-ring (bicyclic) bond motifs is 1. The molecule has 170 valence electrons. The van der Waals surface area contributed by atoms with E-state index in [9.17, 15) is 9.59 Å². The van der Waals surface area contributed by atoms with Crippen LogP contribution in [0.25, 0.3) is 0 Å². The van der Waals surface area contributed by atoms with Gasteiger partial charge in [-0.2, -0.15) is 0 Å². The van der Waals surface area contributed by atoms with Crippen molar-refractivity contribution in [3.05, 3.63) is 82.9 Å². The second-order valence-corrected chi connectivity index (χ2v) is 7.32. The van der Waals surface area contributed by atoms with E-state index in [1.807, 2.05) is 42.5 Å². The largest absolute Gasteiger partial charge is 0.497 e. The van der Waals surface area contributed by atoms with Crippen molar-refractivity contribution in [2.75, 3.05) is 21.0 Å². The topological polar surface area (TPSA) is 95.1 Å². The van der Waals surface area contributed by atoms with Crippen molar-refractivity contribution < 1.29 is 28.5 Å². The molecule has 1 aliphatic heterocycles. The van der Waals surface area contributed by atoms with Gasteiger partial charge in [0.2, 0.25) is 6.79 Å². The Bertz CT molecular complexity index is 1160. The number of carbonyl (C=O) groups is 2. The van der Waals surface area contributed by atoms with Crippen LogP contribution in [-0.2, 0) is 13.1 Å². The molecule has 0 aromatic heterocycles. The summed E-state index contributed by atoms with van der Waals surface area (Å²) in [7, 11) is 3.08. The third kappa shape index (κ3) is 5.17. The fourth-order valence-electron chi connectivity index (χ4n) is 3.38. The van der Waals surface area contributed by atoms with E-state index in [0.717, 1.165) is 16.9 Å². The van der Waals surface area contributed by atoms with Crippen LogP contribution in [-0.4, -0.2) is 32.8 Å². The highest BCUT2D eigenvalue weighted by atomic mass is 16.7. The van der Waals surface area contributed by atoms with E-state index >= 15 is 0 Å². The van der Waals surface area contributed by atoms with Gasteiger partial charge in [0.05, 0.1) is 19.8 Å². The standard InChI is InChI=1S/C25H24N2O6/c1-30-19-7-3-16(4-8-19)13-27-25(29)20-12-18(6-10-21(20)31-2)24(28)26-14-17-5-9-22-23(11-17)33-15-32-22/h3-12H,13-15H2,1-2H3,(H,26,28)(H,27,29). The minimum Gasteiger partial charge on any atom is -0.497 e. The van der Waals surface area contributed by atoms with E-state index in [-0.39, 0.29) is 24.2 Å². The van der Waals surface area contributed by atoms with E-state index in [4.69, 9.17) is 18.9 Å². The Morgan fingerprint density at radius 2 is 1.48 bits per heavy atom. The summed E-state index contributed by atoms with van der Waals surface area (Å²) in [5.41, 5.74) is 2.42. The number of benzene rings is 3. The number of hydrogen-bond donors (Lipinski definition) is 2. The lowest BCUT2D eigenvalue weighted by Gasteiger charge is -2.12. The van der Waals surface area contributed by atoms with Crippen molar-refractivity contribution in [3.63, 3.8) is 0 Å². The molecule has 0 unspecified atom stereocenters. The van der Waals surface area contributed by atoms with Crippen LogP contribution in [0, 0.1) is 0 Å². The van der Waals surface area contributed by atoms with Crippen LogP contribution in [0.2, 0.25) is 0 Å². The molecule has 1 heterocycles. The minimum atomic E-state index is -0.340. The third-order valence-corrected chi connectivity index (χ3v) is 5.21. The maximum Gasteiger partial charge on any atom is 0.255 e. The van der Waals surface area contributed by atoms with Crippen LogP contribution in [0.5, 0.6) is 23.0 Å². The predicted octanol–water partition coefficient (Wildman–Crippen LogP) is 3.29. The van der Waals surface area contributed by atoms with Crippen molar-refractivity contribution in [3.8, 4) is 23.0 Å². The summed E-state index contributed by atoms with van der Waals surface area (Å²) in [6.07, 6.45) is 0. The smallest absolute Gasteiger partial charge is 0.255 e. The first-order valence-electron chi connectivity index (χ1n) is 10.3. The first kappa shape index (κ1) is 22.0. The van der Waals surface area contributed by atoms with Crippen molar-refractivity contribution in [1.82, 2.24) is 10.6 Å². The summed E-state index contributed by atoms with van der Waals surface area (Å²) in [5.74, 6) is 1.82. The van der Waals surface area contributed by atoms with Gasteiger partial charge < -0.3 is 29.6 Å². The van der Waals surface area contributed by atoms with E-state index in [1.54, 1.807) is 19.2 Å². The van der Waals surface area contributed by atoms with Gasteiger partial charge in [-0.05, 0) is 53.6 Å². The van der Waals surface area contributed by atoms with Crippen LogP contribution in [0.3, 0.4) is 0 Å². The molecule has 33 heavy (non-hydrogen) atoms. The lowest BCUT2D eigenvalue weighted by molar-refractivity contribution is 0.0948. The average Bonchev–Trinajstić information content (AvgIpc) is 3.33. The Hall–Kier alpha value is -4.20. The maximum atomic E-state index is 12.8. The van der Waals surface area contributed by atoms with E-state index in [0.29, 0.717) is 35.9 Å². The van der Waals surface area contributed by atoms with Gasteiger partial charge in [0.25, 0.3) is 11.8 Å². The molecule has 0 aliphatic carbocycles. The summed E-state index contributed by atoms with van der Waals surface area (Å²) < 4.78 is 21.1. The Morgan fingerprint density at radius 3 is 2.24 bits per heavy atom. The Morgan fingerprint density at radius 1 is 0.788 bits per heavy atom. The van der Waals surface area contributed by atoms with Gasteiger partial charge in [-0.3, -0.25) is 9.59 Å². The third-order valence-electron chi connectivity index (χ3n) is 5.21. The highest BCUT2D eigenvalue weighted by Crippen LogP contribution is 2.32. The molecule has 0 atom stereocenters. The second kappa shape index (κ2) is 9.95.